The molecule has 0 atom stereocenters. The summed E-state index contributed by atoms with van der Waals surface area (Å²) in [6.07, 6.45) is 1.84. The lowest BCUT2D eigenvalue weighted by Crippen LogP contribution is -2.17. The maximum atomic E-state index is 5.33. The fourth-order valence-corrected chi connectivity index (χ4v) is 0.540. The molecule has 3 N–H and O–H groups in total. The molecule has 5 heteroatoms. The van der Waals surface area contributed by atoms with Gasteiger partial charge in [-0.2, -0.15) is 4.99 Å². The third-order valence-electron chi connectivity index (χ3n) is 0.635. The van der Waals surface area contributed by atoms with E-state index < -0.39 is 0 Å². The van der Waals surface area contributed by atoms with Crippen molar-refractivity contribution in [3.63, 3.8) is 0 Å². The molecule has 0 aromatic heterocycles. The summed E-state index contributed by atoms with van der Waals surface area (Å²) in [5.41, 5.74) is 5.33. The summed E-state index contributed by atoms with van der Waals surface area (Å²) in [6.45, 7) is 0. The first-order chi connectivity index (χ1) is 4.20. The molecule has 52 valence electrons. The lowest BCUT2D eigenvalue weighted by Gasteiger charge is -1.95. The molecule has 0 aliphatic carbocycles. The fraction of sp³-hybridized carbons (Fsp3) is 0.500. The highest BCUT2D eigenvalue weighted by Gasteiger charge is 1.88. The van der Waals surface area contributed by atoms with E-state index in [-0.39, 0.29) is 0 Å². The highest BCUT2D eigenvalue weighted by molar-refractivity contribution is 8.13. The highest BCUT2D eigenvalue weighted by Crippen LogP contribution is 1.90. The molecular formula is C4H9N3S2. The molecular weight excluding hydrogens is 154 g/mol. The Balaban J connectivity index is 3.79. The maximum Gasteiger partial charge on any atom is 0.194 e. The molecule has 3 nitrogen and oxygen atoms in total. The van der Waals surface area contributed by atoms with Crippen molar-refractivity contribution in [1.82, 2.24) is 5.32 Å². The van der Waals surface area contributed by atoms with E-state index >= 15 is 0 Å². The van der Waals surface area contributed by atoms with Gasteiger partial charge in [0.1, 0.15) is 0 Å². The number of aliphatic imine (C=N–C) groups is 1. The molecule has 0 radical (unpaired) electrons. The molecule has 0 saturated heterocycles. The molecule has 0 bridgehead atoms. The first-order valence-corrected chi connectivity index (χ1v) is 3.94. The predicted molar refractivity (Wildman–Crippen MR) is 46.8 cm³/mol. The van der Waals surface area contributed by atoms with Gasteiger partial charge >= 0.3 is 0 Å². The predicted octanol–water partition coefficient (Wildman–Crippen LogP) is 0.168. The fourth-order valence-electron chi connectivity index (χ4n) is 0.202. The summed E-state index contributed by atoms with van der Waals surface area (Å²) in [7, 11) is 1.71. The number of rotatable bonds is 0. The zero-order valence-electron chi connectivity index (χ0n) is 5.34. The molecule has 0 heterocycles. The van der Waals surface area contributed by atoms with Gasteiger partial charge in [-0.05, 0) is 18.5 Å². The van der Waals surface area contributed by atoms with E-state index in [0.29, 0.717) is 10.3 Å². The number of thioether (sulfide) groups is 1. The second kappa shape index (κ2) is 4.58. The van der Waals surface area contributed by atoms with Gasteiger partial charge in [-0.3, -0.25) is 0 Å². The van der Waals surface area contributed by atoms with E-state index in [2.05, 4.69) is 10.3 Å². The number of hydrogen-bond acceptors (Lipinski definition) is 2. The summed E-state index contributed by atoms with van der Waals surface area (Å²) >= 11 is 6.07. The van der Waals surface area contributed by atoms with Crippen LogP contribution in [-0.4, -0.2) is 23.6 Å². The number of hydrogen-bond donors (Lipinski definition) is 2. The summed E-state index contributed by atoms with van der Waals surface area (Å²) in [4.78, 5) is 3.79. The highest BCUT2D eigenvalue weighted by atomic mass is 32.2. The quantitative estimate of drug-likeness (QED) is 0.304. The minimum atomic E-state index is 0.418. The molecule has 0 rings (SSSR count). The topological polar surface area (TPSA) is 50.4 Å². The van der Waals surface area contributed by atoms with Gasteiger partial charge in [-0.1, -0.05) is 11.8 Å². The monoisotopic (exact) mass is 163 g/mol. The first kappa shape index (κ1) is 8.71. The van der Waals surface area contributed by atoms with Crippen LogP contribution >= 0.6 is 24.0 Å². The van der Waals surface area contributed by atoms with E-state index in [4.69, 9.17) is 18.0 Å². The Bertz CT molecular complexity index is 132. The van der Waals surface area contributed by atoms with Crippen LogP contribution in [0.15, 0.2) is 4.99 Å². The first-order valence-electron chi connectivity index (χ1n) is 2.30. The van der Waals surface area contributed by atoms with Crippen LogP contribution in [0.2, 0.25) is 0 Å². The SMILES string of the molecule is CNC(=S)N=C(N)SC. The Morgan fingerprint density at radius 1 is 1.78 bits per heavy atom. The van der Waals surface area contributed by atoms with Crippen molar-refractivity contribution in [2.75, 3.05) is 13.3 Å². The van der Waals surface area contributed by atoms with E-state index in [1.165, 1.54) is 11.8 Å². The van der Waals surface area contributed by atoms with E-state index in [0.717, 1.165) is 0 Å². The van der Waals surface area contributed by atoms with Crippen LogP contribution in [0.25, 0.3) is 0 Å². The van der Waals surface area contributed by atoms with Crippen LogP contribution in [0.3, 0.4) is 0 Å². The van der Waals surface area contributed by atoms with Crippen LogP contribution in [0.1, 0.15) is 0 Å². The third-order valence-corrected chi connectivity index (χ3v) is 1.44. The molecule has 0 saturated carbocycles. The van der Waals surface area contributed by atoms with Gasteiger partial charge in [0.05, 0.1) is 0 Å². The molecule has 0 aliphatic rings. The van der Waals surface area contributed by atoms with Gasteiger partial charge in [0.25, 0.3) is 0 Å². The van der Waals surface area contributed by atoms with E-state index in [9.17, 15) is 0 Å². The second-order valence-corrected chi connectivity index (χ2v) is 2.42. The lowest BCUT2D eigenvalue weighted by atomic mass is 11.0. The largest absolute Gasteiger partial charge is 0.378 e. The van der Waals surface area contributed by atoms with Gasteiger partial charge in [0, 0.05) is 7.05 Å². The Labute approximate surface area is 64.1 Å². The third kappa shape index (κ3) is 4.23. The number of thiocarbonyl (C=S) groups is 1. The number of nitrogens with zero attached hydrogens (tertiary/aromatic N) is 1. The van der Waals surface area contributed by atoms with Crippen molar-refractivity contribution >= 4 is 34.3 Å². The normalized spacial score (nSPS) is 11.1. The van der Waals surface area contributed by atoms with Crippen molar-refractivity contribution in [3.8, 4) is 0 Å². The average molecular weight is 163 g/mol. The number of nitrogens with one attached hydrogen (secondary N) is 1. The second-order valence-electron chi connectivity index (χ2n) is 1.21. The number of nitrogens with two attached hydrogens (primary N) is 1. The van der Waals surface area contributed by atoms with Crippen LogP contribution in [0.5, 0.6) is 0 Å². The van der Waals surface area contributed by atoms with Crippen LogP contribution in [0.4, 0.5) is 0 Å². The van der Waals surface area contributed by atoms with Gasteiger partial charge < -0.3 is 11.1 Å². The molecule has 0 aromatic rings. The Hall–Kier alpha value is -0.290. The summed E-state index contributed by atoms with van der Waals surface area (Å²) in [6, 6.07) is 0. The van der Waals surface area contributed by atoms with Crippen molar-refractivity contribution in [2.45, 2.75) is 0 Å². The molecule has 0 fully saturated rings. The lowest BCUT2D eigenvalue weighted by molar-refractivity contribution is 1.18. The standard InChI is InChI=1S/C4H9N3S2/c1-6-4(8)7-3(5)9-2/h1-2H3,(H3,5,6,7,8). The maximum absolute atomic E-state index is 5.33. The van der Waals surface area contributed by atoms with Gasteiger partial charge in [0.2, 0.25) is 0 Å². The zero-order chi connectivity index (χ0) is 7.28. The number of amidine groups is 1. The van der Waals surface area contributed by atoms with Crippen LogP contribution in [-0.2, 0) is 0 Å². The van der Waals surface area contributed by atoms with Gasteiger partial charge in [0.15, 0.2) is 10.3 Å². The van der Waals surface area contributed by atoms with E-state index in [1.54, 1.807) is 7.05 Å². The molecule has 9 heavy (non-hydrogen) atoms. The minimum Gasteiger partial charge on any atom is -0.378 e. The smallest absolute Gasteiger partial charge is 0.194 e. The molecule has 0 spiro atoms. The van der Waals surface area contributed by atoms with Crippen molar-refractivity contribution < 1.29 is 0 Å². The molecule has 0 amide bonds. The summed E-state index contributed by atoms with van der Waals surface area (Å²) in [5, 5.41) is 3.58. The van der Waals surface area contributed by atoms with Crippen molar-refractivity contribution in [1.29, 1.82) is 0 Å². The minimum absolute atomic E-state index is 0.418. The molecule has 0 aliphatic heterocycles. The summed E-state index contributed by atoms with van der Waals surface area (Å²) in [5.74, 6) is 0. The zero-order valence-corrected chi connectivity index (χ0v) is 6.97. The molecule has 0 unspecified atom stereocenters. The Kier molecular flexibility index (Phi) is 4.43. The summed E-state index contributed by atoms with van der Waals surface area (Å²) < 4.78 is 0. The average Bonchev–Trinajstić information content (AvgIpc) is 1.87. The van der Waals surface area contributed by atoms with Gasteiger partial charge in [-0.15, -0.1) is 0 Å². The molecule has 0 aromatic carbocycles. The van der Waals surface area contributed by atoms with Crippen molar-refractivity contribution in [3.05, 3.63) is 0 Å². The van der Waals surface area contributed by atoms with Crippen LogP contribution in [0, 0.1) is 0 Å². The van der Waals surface area contributed by atoms with Crippen LogP contribution < -0.4 is 11.1 Å². The Morgan fingerprint density at radius 3 is 2.67 bits per heavy atom. The Morgan fingerprint density at radius 2 is 2.33 bits per heavy atom. The van der Waals surface area contributed by atoms with E-state index in [1.807, 2.05) is 6.26 Å². The van der Waals surface area contributed by atoms with Crippen molar-refractivity contribution in [2.24, 2.45) is 10.7 Å². The van der Waals surface area contributed by atoms with Gasteiger partial charge in [-0.25, -0.2) is 0 Å².